The minimum absolute atomic E-state index is 0.0992. The standard InChI is InChI=1S/C24H35N5O2/c1-24(2,3)21(29(4)5)15-14-19(28-23(26)31)16-10-12-17(13-11-16)22(30)27-20-9-7-6-8-18(20)25/h6-13,19,21H,14-15,25H2,1-5H3,(H,27,30)(H3,26,28,31). The molecule has 0 aliphatic heterocycles. The molecular weight excluding hydrogens is 390 g/mol. The topological polar surface area (TPSA) is 113 Å². The molecule has 7 heteroatoms. The highest BCUT2D eigenvalue weighted by atomic mass is 16.2. The summed E-state index contributed by atoms with van der Waals surface area (Å²) in [7, 11) is 4.14. The Morgan fingerprint density at radius 2 is 1.61 bits per heavy atom. The predicted molar refractivity (Wildman–Crippen MR) is 127 cm³/mol. The van der Waals surface area contributed by atoms with Crippen molar-refractivity contribution in [3.05, 3.63) is 59.7 Å². The highest BCUT2D eigenvalue weighted by Crippen LogP contribution is 2.30. The zero-order chi connectivity index (χ0) is 23.2. The summed E-state index contributed by atoms with van der Waals surface area (Å²) in [4.78, 5) is 26.4. The summed E-state index contributed by atoms with van der Waals surface area (Å²) in [6, 6.07) is 13.8. The second kappa shape index (κ2) is 10.3. The Morgan fingerprint density at radius 1 is 1.00 bits per heavy atom. The number of urea groups is 1. The molecule has 0 spiro atoms. The fourth-order valence-corrected chi connectivity index (χ4v) is 3.96. The first-order chi connectivity index (χ1) is 14.5. The molecule has 0 fully saturated rings. The van der Waals surface area contributed by atoms with Crippen LogP contribution in [-0.2, 0) is 0 Å². The summed E-state index contributed by atoms with van der Waals surface area (Å²) < 4.78 is 0. The van der Waals surface area contributed by atoms with E-state index < -0.39 is 6.03 Å². The third kappa shape index (κ3) is 7.00. The first kappa shape index (κ1) is 24.2. The van der Waals surface area contributed by atoms with Crippen molar-refractivity contribution in [2.75, 3.05) is 25.1 Å². The average Bonchev–Trinajstić information content (AvgIpc) is 2.67. The molecular formula is C24H35N5O2. The summed E-state index contributed by atoms with van der Waals surface area (Å²) in [6.45, 7) is 6.63. The number of hydrogen-bond donors (Lipinski definition) is 4. The first-order valence-electron chi connectivity index (χ1n) is 10.5. The van der Waals surface area contributed by atoms with Crippen molar-refractivity contribution in [3.8, 4) is 0 Å². The van der Waals surface area contributed by atoms with Gasteiger partial charge in [0, 0.05) is 11.6 Å². The van der Waals surface area contributed by atoms with Gasteiger partial charge in [-0.3, -0.25) is 4.79 Å². The van der Waals surface area contributed by atoms with Crippen molar-refractivity contribution < 1.29 is 9.59 Å². The molecule has 0 aliphatic carbocycles. The van der Waals surface area contributed by atoms with E-state index >= 15 is 0 Å². The average molecular weight is 426 g/mol. The van der Waals surface area contributed by atoms with Gasteiger partial charge in [-0.1, -0.05) is 45.0 Å². The van der Waals surface area contributed by atoms with Crippen molar-refractivity contribution in [1.82, 2.24) is 10.2 Å². The minimum Gasteiger partial charge on any atom is -0.397 e. The highest BCUT2D eigenvalue weighted by Gasteiger charge is 2.27. The molecule has 7 nitrogen and oxygen atoms in total. The van der Waals surface area contributed by atoms with Crippen LogP contribution in [0.4, 0.5) is 16.2 Å². The van der Waals surface area contributed by atoms with Gasteiger partial charge in [0.1, 0.15) is 0 Å². The van der Waals surface area contributed by atoms with Gasteiger partial charge < -0.3 is 27.0 Å². The highest BCUT2D eigenvalue weighted by molar-refractivity contribution is 6.05. The van der Waals surface area contributed by atoms with Gasteiger partial charge in [-0.25, -0.2) is 4.79 Å². The molecule has 31 heavy (non-hydrogen) atoms. The van der Waals surface area contributed by atoms with E-state index in [-0.39, 0.29) is 17.4 Å². The molecule has 0 heterocycles. The summed E-state index contributed by atoms with van der Waals surface area (Å²) in [5.41, 5.74) is 13.9. The normalized spacial score (nSPS) is 13.5. The summed E-state index contributed by atoms with van der Waals surface area (Å²) in [5.74, 6) is -0.246. The van der Waals surface area contributed by atoms with Gasteiger partial charge in [0.05, 0.1) is 17.4 Å². The van der Waals surface area contributed by atoms with E-state index in [4.69, 9.17) is 11.5 Å². The lowest BCUT2D eigenvalue weighted by Crippen LogP contribution is -2.41. The van der Waals surface area contributed by atoms with Crippen LogP contribution in [0.25, 0.3) is 0 Å². The maximum atomic E-state index is 12.6. The number of carbonyl (C=O) groups excluding carboxylic acids is 2. The first-order valence-corrected chi connectivity index (χ1v) is 10.5. The molecule has 2 rings (SSSR count). The maximum Gasteiger partial charge on any atom is 0.312 e. The number of anilines is 2. The number of primary amides is 1. The van der Waals surface area contributed by atoms with Crippen LogP contribution >= 0.6 is 0 Å². The number of rotatable bonds is 8. The third-order valence-corrected chi connectivity index (χ3v) is 5.45. The lowest BCUT2D eigenvalue weighted by atomic mass is 9.82. The molecule has 0 saturated heterocycles. The van der Waals surface area contributed by atoms with E-state index in [0.29, 0.717) is 23.0 Å². The number of benzene rings is 2. The molecule has 2 atom stereocenters. The van der Waals surface area contributed by atoms with Gasteiger partial charge in [-0.2, -0.15) is 0 Å². The van der Waals surface area contributed by atoms with Crippen LogP contribution in [0.3, 0.4) is 0 Å². The Balaban J connectivity index is 2.14. The zero-order valence-electron chi connectivity index (χ0n) is 19.1. The molecule has 0 saturated carbocycles. The molecule has 2 aromatic carbocycles. The molecule has 3 amide bonds. The minimum atomic E-state index is -0.566. The van der Waals surface area contributed by atoms with E-state index in [0.717, 1.165) is 18.4 Å². The molecule has 168 valence electrons. The van der Waals surface area contributed by atoms with Crippen molar-refractivity contribution in [2.45, 2.75) is 45.7 Å². The number of hydrogen-bond acceptors (Lipinski definition) is 4. The monoisotopic (exact) mass is 425 g/mol. The molecule has 6 N–H and O–H groups in total. The predicted octanol–water partition coefficient (Wildman–Crippen LogP) is 3.99. The number of nitrogens with two attached hydrogens (primary N) is 2. The van der Waals surface area contributed by atoms with Gasteiger partial charge in [-0.05, 0) is 62.2 Å². The lowest BCUT2D eigenvalue weighted by molar-refractivity contribution is 0.102. The van der Waals surface area contributed by atoms with E-state index in [2.05, 4.69) is 50.4 Å². The largest absolute Gasteiger partial charge is 0.397 e. The molecule has 2 unspecified atom stereocenters. The maximum absolute atomic E-state index is 12.6. The van der Waals surface area contributed by atoms with Crippen LogP contribution in [-0.4, -0.2) is 37.0 Å². The second-order valence-electron chi connectivity index (χ2n) is 9.15. The van der Waals surface area contributed by atoms with E-state index in [9.17, 15) is 9.59 Å². The molecule has 0 aliphatic rings. The van der Waals surface area contributed by atoms with Crippen molar-refractivity contribution >= 4 is 23.3 Å². The van der Waals surface area contributed by atoms with Crippen LogP contribution in [0.1, 0.15) is 55.6 Å². The third-order valence-electron chi connectivity index (χ3n) is 5.45. The Hall–Kier alpha value is -3.06. The van der Waals surface area contributed by atoms with E-state index in [1.54, 1.807) is 24.3 Å². The van der Waals surface area contributed by atoms with Crippen LogP contribution in [0, 0.1) is 5.41 Å². The van der Waals surface area contributed by atoms with Gasteiger partial charge >= 0.3 is 6.03 Å². The van der Waals surface area contributed by atoms with Crippen LogP contribution in [0.5, 0.6) is 0 Å². The van der Waals surface area contributed by atoms with Crippen molar-refractivity contribution in [2.24, 2.45) is 11.1 Å². The number of amides is 3. The molecule has 2 aromatic rings. The van der Waals surface area contributed by atoms with Gasteiger partial charge in [0.15, 0.2) is 0 Å². The lowest BCUT2D eigenvalue weighted by Gasteiger charge is -2.37. The second-order valence-corrected chi connectivity index (χ2v) is 9.15. The Bertz CT molecular complexity index is 888. The molecule has 0 aromatic heterocycles. The number of nitrogen functional groups attached to an aromatic ring is 1. The van der Waals surface area contributed by atoms with Gasteiger partial charge in [0.2, 0.25) is 0 Å². The number of carbonyl (C=O) groups is 2. The number of nitrogens with zero attached hydrogens (tertiary/aromatic N) is 1. The fourth-order valence-electron chi connectivity index (χ4n) is 3.96. The van der Waals surface area contributed by atoms with Gasteiger partial charge in [0.25, 0.3) is 5.91 Å². The Kier molecular flexibility index (Phi) is 8.05. The summed E-state index contributed by atoms with van der Waals surface area (Å²) in [5, 5.41) is 5.66. The van der Waals surface area contributed by atoms with E-state index in [1.807, 2.05) is 24.3 Å². The molecule has 0 radical (unpaired) electrons. The summed E-state index contributed by atoms with van der Waals surface area (Å²) >= 11 is 0. The van der Waals surface area contributed by atoms with Crippen molar-refractivity contribution in [3.63, 3.8) is 0 Å². The Morgan fingerprint density at radius 3 is 2.13 bits per heavy atom. The van der Waals surface area contributed by atoms with Crippen LogP contribution < -0.4 is 22.1 Å². The van der Waals surface area contributed by atoms with Crippen molar-refractivity contribution in [1.29, 1.82) is 0 Å². The fraction of sp³-hybridized carbons (Fsp3) is 0.417. The molecule has 0 bridgehead atoms. The number of para-hydroxylation sites is 2. The van der Waals surface area contributed by atoms with Crippen LogP contribution in [0.2, 0.25) is 0 Å². The van der Waals surface area contributed by atoms with E-state index in [1.165, 1.54) is 0 Å². The van der Waals surface area contributed by atoms with Crippen LogP contribution in [0.15, 0.2) is 48.5 Å². The summed E-state index contributed by atoms with van der Waals surface area (Å²) in [6.07, 6.45) is 1.62. The quantitative estimate of drug-likeness (QED) is 0.479. The SMILES string of the molecule is CN(C)C(CCC(NC(N)=O)c1ccc(C(=O)Nc2ccccc2N)cc1)C(C)(C)C. The zero-order valence-corrected chi connectivity index (χ0v) is 19.1. The Labute approximate surface area is 185 Å². The van der Waals surface area contributed by atoms with Gasteiger partial charge in [-0.15, -0.1) is 0 Å². The number of nitrogens with one attached hydrogen (secondary N) is 2. The smallest absolute Gasteiger partial charge is 0.312 e.